The number of esters is 1. The largest absolute Gasteiger partial charge is 0.493 e. The van der Waals surface area contributed by atoms with Gasteiger partial charge in [-0.05, 0) is 107 Å². The number of piperidine rings is 1. The Labute approximate surface area is 421 Å². The van der Waals surface area contributed by atoms with Crippen LogP contribution in [0.5, 0.6) is 17.2 Å². The first-order valence-corrected chi connectivity index (χ1v) is 24.7. The summed E-state index contributed by atoms with van der Waals surface area (Å²) in [4.78, 5) is 71.9. The van der Waals surface area contributed by atoms with E-state index in [1.165, 1.54) is 24.1 Å². The van der Waals surface area contributed by atoms with Crippen molar-refractivity contribution in [3.63, 3.8) is 0 Å². The van der Waals surface area contributed by atoms with E-state index in [-0.39, 0.29) is 55.3 Å². The number of nitrogens with zero attached hydrogens (tertiary/aromatic N) is 6. The number of piperazine rings is 1. The molecule has 1 unspecified atom stereocenters. The molecule has 3 aliphatic rings. The second-order valence-corrected chi connectivity index (χ2v) is 20.0. The minimum Gasteiger partial charge on any atom is -0.493 e. The molecular weight excluding hydrogens is 945 g/mol. The van der Waals surface area contributed by atoms with E-state index in [9.17, 15) is 28.4 Å². The normalized spacial score (nSPS) is 16.4. The van der Waals surface area contributed by atoms with Crippen molar-refractivity contribution in [2.45, 2.75) is 85.0 Å². The van der Waals surface area contributed by atoms with Crippen molar-refractivity contribution >= 4 is 62.9 Å². The van der Waals surface area contributed by atoms with Crippen LogP contribution < -0.4 is 19.5 Å². The van der Waals surface area contributed by atoms with Gasteiger partial charge in [-0.2, -0.15) is 5.10 Å². The Morgan fingerprint density at radius 2 is 1.68 bits per heavy atom. The highest BCUT2D eigenvalue weighted by Crippen LogP contribution is 2.43. The Bertz CT molecular complexity index is 3150. The van der Waals surface area contributed by atoms with Crippen LogP contribution in [0.4, 0.5) is 4.39 Å². The van der Waals surface area contributed by atoms with Crippen molar-refractivity contribution in [1.82, 2.24) is 34.4 Å². The zero-order valence-corrected chi connectivity index (χ0v) is 42.4. The number of fused-ring (bicyclic) bond motifs is 3. The van der Waals surface area contributed by atoms with Crippen LogP contribution in [0.3, 0.4) is 0 Å². The first-order valence-electron chi connectivity index (χ1n) is 24.3. The topological polar surface area (TPSA) is 167 Å². The van der Waals surface area contributed by atoms with Gasteiger partial charge in [0.2, 0.25) is 11.8 Å². The van der Waals surface area contributed by atoms with E-state index < -0.39 is 23.5 Å². The third kappa shape index (κ3) is 9.83. The number of ether oxygens (including phenoxy) is 4. The van der Waals surface area contributed by atoms with Gasteiger partial charge in [0.05, 0.1) is 36.5 Å². The molecule has 0 aliphatic carbocycles. The lowest BCUT2D eigenvalue weighted by Gasteiger charge is -2.35. The maximum absolute atomic E-state index is 14.7. The van der Waals surface area contributed by atoms with Crippen LogP contribution in [0.2, 0.25) is 5.02 Å². The lowest BCUT2D eigenvalue weighted by Crippen LogP contribution is -2.52. The molecule has 0 bridgehead atoms. The lowest BCUT2D eigenvalue weighted by atomic mass is 9.98. The van der Waals surface area contributed by atoms with Crippen LogP contribution in [0, 0.1) is 19.7 Å². The van der Waals surface area contributed by atoms with E-state index in [1.807, 2.05) is 76.7 Å². The lowest BCUT2D eigenvalue weighted by molar-refractivity contribution is -0.137. The number of rotatable bonds is 15. The number of imide groups is 1. The summed E-state index contributed by atoms with van der Waals surface area (Å²) in [5.74, 6) is -1.03. The molecule has 3 aliphatic heterocycles. The zero-order chi connectivity index (χ0) is 51.2. The molecule has 378 valence electrons. The number of aryl methyl sites for hydroxylation is 3. The van der Waals surface area contributed by atoms with Crippen molar-refractivity contribution < 1.29 is 47.3 Å². The van der Waals surface area contributed by atoms with Crippen LogP contribution in [0.15, 0.2) is 60.7 Å². The molecule has 4 amide bonds. The number of methoxy groups -OCH3 is 1. The van der Waals surface area contributed by atoms with Crippen molar-refractivity contribution in [3.8, 4) is 28.4 Å². The highest BCUT2D eigenvalue weighted by molar-refractivity contribution is 6.35. The number of aromatic nitrogens is 3. The summed E-state index contributed by atoms with van der Waals surface area (Å²) < 4.78 is 42.2. The van der Waals surface area contributed by atoms with Crippen LogP contribution in [0.1, 0.15) is 83.4 Å². The summed E-state index contributed by atoms with van der Waals surface area (Å²) in [5.41, 5.74) is 5.47. The van der Waals surface area contributed by atoms with Gasteiger partial charge in [0.15, 0.2) is 18.1 Å². The number of carbonyl (C=O) groups excluding carboxylic acids is 5. The molecule has 72 heavy (non-hydrogen) atoms. The summed E-state index contributed by atoms with van der Waals surface area (Å²) in [6.07, 6.45) is 1.36. The Morgan fingerprint density at radius 1 is 0.917 bits per heavy atom. The van der Waals surface area contributed by atoms with Gasteiger partial charge in [-0.3, -0.25) is 34.1 Å². The van der Waals surface area contributed by atoms with E-state index >= 15 is 0 Å². The van der Waals surface area contributed by atoms with E-state index in [4.69, 9.17) is 35.6 Å². The zero-order valence-electron chi connectivity index (χ0n) is 41.7. The van der Waals surface area contributed by atoms with Crippen molar-refractivity contribution in [2.75, 3.05) is 53.0 Å². The average Bonchev–Trinajstić information content (AvgIpc) is 3.93. The Hall–Kier alpha value is -6.98. The smallest absolute Gasteiger partial charge is 0.355 e. The van der Waals surface area contributed by atoms with Crippen LogP contribution in [0.25, 0.3) is 32.8 Å². The number of benzene rings is 4. The van der Waals surface area contributed by atoms with Gasteiger partial charge in [-0.1, -0.05) is 29.8 Å². The fourth-order valence-corrected chi connectivity index (χ4v) is 10.5. The number of carbonyl (C=O) groups is 5. The van der Waals surface area contributed by atoms with Gasteiger partial charge < -0.3 is 33.3 Å². The molecule has 9 rings (SSSR count). The summed E-state index contributed by atoms with van der Waals surface area (Å²) in [6.45, 7) is 12.4. The van der Waals surface area contributed by atoms with E-state index in [2.05, 4.69) is 14.8 Å². The van der Waals surface area contributed by atoms with Crippen LogP contribution in [-0.4, -0.2) is 123 Å². The summed E-state index contributed by atoms with van der Waals surface area (Å²) in [6, 6.07) is 16.4. The number of nitrogens with one attached hydrogen (secondary N) is 1. The maximum atomic E-state index is 14.7. The third-order valence-corrected chi connectivity index (χ3v) is 14.1. The minimum atomic E-state index is -0.807. The van der Waals surface area contributed by atoms with Gasteiger partial charge in [0.25, 0.3) is 11.8 Å². The Morgan fingerprint density at radius 3 is 2.39 bits per heavy atom. The number of hydrogen-bond donors (Lipinski definition) is 1. The van der Waals surface area contributed by atoms with Gasteiger partial charge in [0.1, 0.15) is 28.9 Å². The fraction of sp³-hybridized carbons (Fsp3) is 0.407. The molecule has 2 aromatic heterocycles. The predicted molar refractivity (Wildman–Crippen MR) is 269 cm³/mol. The maximum Gasteiger partial charge on any atom is 0.355 e. The standard InChI is InChI=1S/C54H59ClFN7O9/c1-31-46(32(2)59(6)58-31)47-40(55)17-15-37-36(11-9-27-70-42-12-8-10-33-28-34(56)13-14-35(33)42)49(53(68)72-54(3,4)5)62(48(37)47)26-23-60-21-24-61(25-22-60)45(65)30-71-50-39-29-63(41-18-20-44(64)57-51(41)66)52(67)38(39)16-19-43(50)69-7/h8,10,12-17,19,28,41H,9,11,18,20-27,29-30H2,1-7H3,(H,57,64,66). The van der Waals surface area contributed by atoms with Crippen molar-refractivity contribution in [2.24, 2.45) is 7.05 Å². The van der Waals surface area contributed by atoms with E-state index in [1.54, 1.807) is 23.1 Å². The molecule has 1 N–H and O–H groups in total. The molecule has 1 atom stereocenters. The van der Waals surface area contributed by atoms with Crippen LogP contribution in [-0.2, 0) is 45.7 Å². The quantitative estimate of drug-likeness (QED) is 0.0613. The van der Waals surface area contributed by atoms with Crippen molar-refractivity contribution in [1.29, 1.82) is 0 Å². The number of amides is 4. The van der Waals surface area contributed by atoms with Gasteiger partial charge >= 0.3 is 5.97 Å². The molecule has 2 fully saturated rings. The molecule has 2 saturated heterocycles. The molecule has 0 spiro atoms. The molecule has 4 aromatic carbocycles. The third-order valence-electron chi connectivity index (χ3n) is 13.8. The first-order chi connectivity index (χ1) is 34.4. The second kappa shape index (κ2) is 20.3. The first kappa shape index (κ1) is 50.0. The van der Waals surface area contributed by atoms with E-state index in [0.29, 0.717) is 92.1 Å². The molecule has 0 radical (unpaired) electrons. The second-order valence-electron chi connectivity index (χ2n) is 19.6. The minimum absolute atomic E-state index is 0.0627. The molecule has 16 nitrogen and oxygen atoms in total. The Kier molecular flexibility index (Phi) is 14.1. The summed E-state index contributed by atoms with van der Waals surface area (Å²) >= 11 is 7.20. The van der Waals surface area contributed by atoms with Gasteiger partial charge in [-0.15, -0.1) is 0 Å². The number of halogens is 2. The summed E-state index contributed by atoms with van der Waals surface area (Å²) in [7, 11) is 3.37. The number of hydrogen-bond acceptors (Lipinski definition) is 11. The highest BCUT2D eigenvalue weighted by atomic mass is 35.5. The van der Waals surface area contributed by atoms with Crippen molar-refractivity contribution in [3.05, 3.63) is 105 Å². The van der Waals surface area contributed by atoms with Gasteiger partial charge in [0, 0.05) is 91.5 Å². The van der Waals surface area contributed by atoms with Crippen LogP contribution >= 0.6 is 11.6 Å². The molecular formula is C54H59ClFN7O9. The fourth-order valence-electron chi connectivity index (χ4n) is 10.3. The molecule has 5 heterocycles. The monoisotopic (exact) mass is 1000 g/mol. The Balaban J connectivity index is 0.945. The van der Waals surface area contributed by atoms with E-state index in [0.717, 1.165) is 49.8 Å². The van der Waals surface area contributed by atoms with Gasteiger partial charge in [-0.25, -0.2) is 9.18 Å². The molecule has 6 aromatic rings. The molecule has 0 saturated carbocycles. The average molecular weight is 1000 g/mol. The SMILES string of the molecule is COc1ccc2c(c1OCC(=O)N1CCN(CCn3c(C(=O)OC(C)(C)C)c(CCCOc4cccc5cc(F)ccc45)c4ccc(Cl)c(-c5c(C)nn(C)c5C)c43)CC1)CN(C1CCC(=O)NC1=O)C2=O. The highest BCUT2D eigenvalue weighted by Gasteiger charge is 2.41. The molecule has 18 heteroatoms. The predicted octanol–water partition coefficient (Wildman–Crippen LogP) is 7.56. The summed E-state index contributed by atoms with van der Waals surface area (Å²) in [5, 5.41) is 9.99.